The Hall–Kier alpha value is -2.64. The van der Waals surface area contributed by atoms with Crippen molar-refractivity contribution in [3.05, 3.63) is 59.0 Å². The van der Waals surface area contributed by atoms with Gasteiger partial charge in [-0.3, -0.25) is 4.79 Å². The largest absolute Gasteiger partial charge is 0.497 e. The molecule has 2 heterocycles. The van der Waals surface area contributed by atoms with E-state index in [9.17, 15) is 4.79 Å². The topological polar surface area (TPSA) is 63.6 Å². The molecule has 7 heteroatoms. The number of thiazole rings is 1. The van der Waals surface area contributed by atoms with E-state index in [0.717, 1.165) is 21.5 Å². The SMILES string of the molecule is COc1ccc(/C=C2/S/C(=N/c3nc4ccccc4s3)NC2=O)cc1. The third-order valence-corrected chi connectivity index (χ3v) is 5.38. The van der Waals surface area contributed by atoms with Gasteiger partial charge in [0.25, 0.3) is 5.91 Å². The number of nitrogens with one attached hydrogen (secondary N) is 1. The third kappa shape index (κ3) is 3.42. The first kappa shape index (κ1) is 15.9. The van der Waals surface area contributed by atoms with Crippen molar-refractivity contribution >= 4 is 55.6 Å². The van der Waals surface area contributed by atoms with Gasteiger partial charge < -0.3 is 10.1 Å². The molecule has 1 aromatic heterocycles. The third-order valence-electron chi connectivity index (χ3n) is 3.54. The van der Waals surface area contributed by atoms with E-state index in [4.69, 9.17) is 4.74 Å². The molecule has 1 aliphatic rings. The van der Waals surface area contributed by atoms with Gasteiger partial charge in [0, 0.05) is 0 Å². The number of carbonyl (C=O) groups excluding carboxylic acids is 1. The van der Waals surface area contributed by atoms with Gasteiger partial charge in [-0.1, -0.05) is 35.6 Å². The average Bonchev–Trinajstić information content (AvgIpc) is 3.18. The highest BCUT2D eigenvalue weighted by Gasteiger charge is 2.24. The normalized spacial score (nSPS) is 17.4. The van der Waals surface area contributed by atoms with E-state index in [1.54, 1.807) is 7.11 Å². The highest BCUT2D eigenvalue weighted by atomic mass is 32.2. The number of carbonyl (C=O) groups is 1. The molecule has 0 saturated carbocycles. The number of amidine groups is 1. The molecule has 0 atom stereocenters. The first-order valence-electron chi connectivity index (χ1n) is 7.50. The van der Waals surface area contributed by atoms with E-state index >= 15 is 0 Å². The summed E-state index contributed by atoms with van der Waals surface area (Å²) < 4.78 is 6.21. The quantitative estimate of drug-likeness (QED) is 0.705. The molecule has 25 heavy (non-hydrogen) atoms. The van der Waals surface area contributed by atoms with Crippen molar-refractivity contribution in [2.45, 2.75) is 0 Å². The van der Waals surface area contributed by atoms with E-state index in [-0.39, 0.29) is 5.91 Å². The fourth-order valence-corrected chi connectivity index (χ4v) is 4.05. The Morgan fingerprint density at radius 3 is 2.72 bits per heavy atom. The molecular weight excluding hydrogens is 354 g/mol. The number of benzene rings is 2. The lowest BCUT2D eigenvalue weighted by molar-refractivity contribution is -0.115. The minimum atomic E-state index is -0.152. The van der Waals surface area contributed by atoms with Crippen molar-refractivity contribution in [3.8, 4) is 5.75 Å². The number of hydrogen-bond donors (Lipinski definition) is 1. The molecule has 1 amide bonds. The second-order valence-electron chi connectivity index (χ2n) is 5.22. The van der Waals surface area contributed by atoms with Crippen LogP contribution >= 0.6 is 23.1 Å². The van der Waals surface area contributed by atoms with Gasteiger partial charge in [-0.15, -0.1) is 0 Å². The van der Waals surface area contributed by atoms with Crippen LogP contribution in [0.5, 0.6) is 5.75 Å². The molecule has 1 saturated heterocycles. The van der Waals surface area contributed by atoms with Crippen LogP contribution in [-0.4, -0.2) is 23.2 Å². The Balaban J connectivity index is 1.57. The van der Waals surface area contributed by atoms with Crippen LogP contribution in [0, 0.1) is 0 Å². The Morgan fingerprint density at radius 1 is 1.16 bits per heavy atom. The van der Waals surface area contributed by atoms with Crippen molar-refractivity contribution in [2.75, 3.05) is 7.11 Å². The molecule has 124 valence electrons. The summed E-state index contributed by atoms with van der Waals surface area (Å²) >= 11 is 2.81. The summed E-state index contributed by atoms with van der Waals surface area (Å²) in [5, 5.41) is 3.97. The number of methoxy groups -OCH3 is 1. The van der Waals surface area contributed by atoms with Gasteiger partial charge in [-0.2, -0.15) is 4.99 Å². The smallest absolute Gasteiger partial charge is 0.264 e. The van der Waals surface area contributed by atoms with Crippen LogP contribution in [0.2, 0.25) is 0 Å². The zero-order valence-electron chi connectivity index (χ0n) is 13.2. The van der Waals surface area contributed by atoms with Crippen LogP contribution in [-0.2, 0) is 4.79 Å². The summed E-state index contributed by atoms with van der Waals surface area (Å²) in [6.45, 7) is 0. The highest BCUT2D eigenvalue weighted by molar-refractivity contribution is 8.18. The fourth-order valence-electron chi connectivity index (χ4n) is 2.33. The van der Waals surface area contributed by atoms with Crippen LogP contribution in [0.1, 0.15) is 5.56 Å². The molecular formula is C18H13N3O2S2. The number of hydrogen-bond acceptors (Lipinski definition) is 6. The summed E-state index contributed by atoms with van der Waals surface area (Å²) in [6.07, 6.45) is 1.83. The molecule has 0 aliphatic carbocycles. The molecule has 0 bridgehead atoms. The van der Waals surface area contributed by atoms with Crippen LogP contribution in [0.4, 0.5) is 5.13 Å². The minimum Gasteiger partial charge on any atom is -0.497 e. The highest BCUT2D eigenvalue weighted by Crippen LogP contribution is 2.32. The number of ether oxygens (including phenoxy) is 1. The maximum absolute atomic E-state index is 12.2. The summed E-state index contributed by atoms with van der Waals surface area (Å²) in [5.41, 5.74) is 1.84. The van der Waals surface area contributed by atoms with Gasteiger partial charge in [0.05, 0.1) is 22.2 Å². The Kier molecular flexibility index (Phi) is 4.25. The number of nitrogens with zero attached hydrogens (tertiary/aromatic N) is 2. The lowest BCUT2D eigenvalue weighted by Crippen LogP contribution is -2.19. The first-order chi connectivity index (χ1) is 12.2. The molecule has 1 N–H and O–H groups in total. The van der Waals surface area contributed by atoms with Crippen LogP contribution < -0.4 is 10.1 Å². The second-order valence-corrected chi connectivity index (χ2v) is 7.26. The predicted molar refractivity (Wildman–Crippen MR) is 103 cm³/mol. The van der Waals surface area contributed by atoms with Crippen LogP contribution in [0.15, 0.2) is 58.4 Å². The van der Waals surface area contributed by atoms with Gasteiger partial charge in [0.15, 0.2) is 5.17 Å². The lowest BCUT2D eigenvalue weighted by Gasteiger charge is -1.99. The number of para-hydroxylation sites is 1. The molecule has 5 nitrogen and oxygen atoms in total. The fraction of sp³-hybridized carbons (Fsp3) is 0.0556. The summed E-state index contributed by atoms with van der Waals surface area (Å²) in [4.78, 5) is 21.7. The van der Waals surface area contributed by atoms with Crippen LogP contribution in [0.25, 0.3) is 16.3 Å². The molecule has 3 aromatic rings. The molecule has 1 aliphatic heterocycles. The van der Waals surface area contributed by atoms with E-state index in [1.165, 1.54) is 23.1 Å². The maximum atomic E-state index is 12.2. The Bertz CT molecular complexity index is 974. The van der Waals surface area contributed by atoms with Gasteiger partial charge in [-0.05, 0) is 47.7 Å². The van der Waals surface area contributed by atoms with Crippen molar-refractivity contribution < 1.29 is 9.53 Å². The van der Waals surface area contributed by atoms with Gasteiger partial charge in [0.1, 0.15) is 5.75 Å². The number of aromatic nitrogens is 1. The average molecular weight is 367 g/mol. The van der Waals surface area contributed by atoms with Crippen molar-refractivity contribution in [2.24, 2.45) is 4.99 Å². The van der Waals surface area contributed by atoms with Crippen molar-refractivity contribution in [1.82, 2.24) is 10.3 Å². The number of amides is 1. The van der Waals surface area contributed by atoms with E-state index in [1.807, 2.05) is 54.6 Å². The number of fused-ring (bicyclic) bond motifs is 1. The first-order valence-corrected chi connectivity index (χ1v) is 9.14. The zero-order chi connectivity index (χ0) is 17.2. The van der Waals surface area contributed by atoms with Gasteiger partial charge >= 0.3 is 0 Å². The molecule has 2 aromatic carbocycles. The number of aliphatic imine (C=N–C) groups is 1. The number of rotatable bonds is 3. The van der Waals surface area contributed by atoms with Gasteiger partial charge in [0.2, 0.25) is 5.13 Å². The number of thioether (sulfide) groups is 1. The summed E-state index contributed by atoms with van der Waals surface area (Å²) in [6, 6.07) is 15.4. The van der Waals surface area contributed by atoms with E-state index in [0.29, 0.717) is 15.2 Å². The molecule has 0 unspecified atom stereocenters. The maximum Gasteiger partial charge on any atom is 0.264 e. The van der Waals surface area contributed by atoms with Gasteiger partial charge in [-0.25, -0.2) is 4.98 Å². The molecule has 4 rings (SSSR count). The predicted octanol–water partition coefficient (Wildman–Crippen LogP) is 4.20. The lowest BCUT2D eigenvalue weighted by atomic mass is 10.2. The molecule has 1 fully saturated rings. The van der Waals surface area contributed by atoms with E-state index in [2.05, 4.69) is 15.3 Å². The zero-order valence-corrected chi connectivity index (χ0v) is 14.9. The minimum absolute atomic E-state index is 0.152. The monoisotopic (exact) mass is 367 g/mol. The summed E-state index contributed by atoms with van der Waals surface area (Å²) in [5.74, 6) is 0.629. The van der Waals surface area contributed by atoms with Crippen molar-refractivity contribution in [3.63, 3.8) is 0 Å². The van der Waals surface area contributed by atoms with Crippen LogP contribution in [0.3, 0.4) is 0 Å². The van der Waals surface area contributed by atoms with E-state index < -0.39 is 0 Å². The Labute approximate surface area is 152 Å². The molecule has 0 radical (unpaired) electrons. The Morgan fingerprint density at radius 2 is 1.96 bits per heavy atom. The summed E-state index contributed by atoms with van der Waals surface area (Å²) in [7, 11) is 1.62. The standard InChI is InChI=1S/C18H13N3O2S2/c1-23-12-8-6-11(7-9-12)10-15-16(22)20-18(25-15)21-17-19-13-4-2-3-5-14(13)24-17/h2-10H,1H3,(H,19,20,21,22)/b15-10+. The second kappa shape index (κ2) is 6.70. The molecule has 0 spiro atoms. The van der Waals surface area contributed by atoms with Crippen molar-refractivity contribution in [1.29, 1.82) is 0 Å².